The van der Waals surface area contributed by atoms with Crippen LogP contribution in [0.25, 0.3) is 21.7 Å². The third-order valence-electron chi connectivity index (χ3n) is 5.35. The average molecular weight is 512 g/mol. The molecule has 4 rings (SSSR count). The zero-order valence-electron chi connectivity index (χ0n) is 19.6. The number of aromatic nitrogens is 3. The minimum absolute atomic E-state index is 0.0808. The second-order valence-corrected chi connectivity index (χ2v) is 11.5. The molecule has 0 amide bonds. The molecule has 0 saturated carbocycles. The second kappa shape index (κ2) is 9.48. The van der Waals surface area contributed by atoms with Crippen molar-refractivity contribution in [2.45, 2.75) is 32.9 Å². The van der Waals surface area contributed by atoms with Crippen LogP contribution in [0.4, 0.5) is 0 Å². The van der Waals surface area contributed by atoms with Crippen LogP contribution < -0.4 is 10.3 Å². The molecule has 9 heteroatoms. The molecule has 2 aromatic carbocycles. The third-order valence-corrected chi connectivity index (χ3v) is 7.64. The van der Waals surface area contributed by atoms with Crippen molar-refractivity contribution in [3.63, 3.8) is 0 Å². The first-order chi connectivity index (χ1) is 16.1. The van der Waals surface area contributed by atoms with Gasteiger partial charge < -0.3 is 4.74 Å². The molecule has 0 fully saturated rings. The van der Waals surface area contributed by atoms with Crippen molar-refractivity contribution in [1.82, 2.24) is 14.1 Å². The van der Waals surface area contributed by atoms with Crippen LogP contribution in [0.1, 0.15) is 26.3 Å². The Morgan fingerprint density at radius 1 is 1.12 bits per heavy atom. The fraction of sp³-hybridized carbons (Fsp3) is 0.280. The maximum absolute atomic E-state index is 13.7. The van der Waals surface area contributed by atoms with E-state index in [1.54, 1.807) is 16.2 Å². The number of ketones is 1. The summed E-state index contributed by atoms with van der Waals surface area (Å²) in [6.07, 6.45) is 0. The first-order valence-corrected chi connectivity index (χ1v) is 12.9. The fourth-order valence-electron chi connectivity index (χ4n) is 3.28. The number of thioether (sulfide) groups is 1. The Morgan fingerprint density at radius 3 is 2.47 bits per heavy atom. The van der Waals surface area contributed by atoms with Gasteiger partial charge in [-0.3, -0.25) is 18.7 Å². The molecule has 0 aliphatic carbocycles. The molecule has 34 heavy (non-hydrogen) atoms. The molecule has 2 heterocycles. The number of carbonyl (C=O) groups is 1. The minimum Gasteiger partial charge on any atom is -0.497 e. The van der Waals surface area contributed by atoms with Crippen molar-refractivity contribution in [3.8, 4) is 17.1 Å². The van der Waals surface area contributed by atoms with Gasteiger partial charge >= 0.3 is 0 Å². The number of nitrogens with zero attached hydrogens (tertiary/aromatic N) is 3. The van der Waals surface area contributed by atoms with Gasteiger partial charge in [-0.2, -0.15) is 0 Å². The monoisotopic (exact) mass is 511 g/mol. The summed E-state index contributed by atoms with van der Waals surface area (Å²) in [5.41, 5.74) is 2.32. The van der Waals surface area contributed by atoms with Crippen LogP contribution in [0.15, 0.2) is 58.5 Å². The van der Waals surface area contributed by atoms with Crippen molar-refractivity contribution < 1.29 is 9.53 Å². The molecule has 0 saturated heterocycles. The number of carbonyl (C=O) groups excluding carboxylic acids is 1. The van der Waals surface area contributed by atoms with Crippen molar-refractivity contribution in [2.75, 3.05) is 12.9 Å². The number of hydrogen-bond acceptors (Lipinski definition) is 7. The summed E-state index contributed by atoms with van der Waals surface area (Å²) in [5, 5.41) is 0.448. The van der Waals surface area contributed by atoms with E-state index in [0.29, 0.717) is 30.9 Å². The molecule has 0 N–H and O–H groups in total. The standard InChI is InChI=1S/C25H25N3O3S3/c1-15-9-11-16(12-10-15)28-22(30)20-21(26-23(28)33-14-19(29)25(2,3)4)27(24(32)34-20)17-7-6-8-18(13-17)31-5/h6-13H,14H2,1-5H3. The van der Waals surface area contributed by atoms with Gasteiger partial charge in [-0.05, 0) is 43.4 Å². The summed E-state index contributed by atoms with van der Waals surface area (Å²) in [4.78, 5) is 31.3. The Balaban J connectivity index is 1.96. The zero-order valence-corrected chi connectivity index (χ0v) is 22.1. The largest absolute Gasteiger partial charge is 0.497 e. The minimum atomic E-state index is -0.483. The predicted molar refractivity (Wildman–Crippen MR) is 142 cm³/mol. The smallest absolute Gasteiger partial charge is 0.278 e. The number of benzene rings is 2. The van der Waals surface area contributed by atoms with Crippen LogP contribution in [-0.2, 0) is 4.79 Å². The van der Waals surface area contributed by atoms with E-state index >= 15 is 0 Å². The number of hydrogen-bond donors (Lipinski definition) is 0. The maximum atomic E-state index is 13.7. The molecule has 0 bridgehead atoms. The number of rotatable bonds is 6. The van der Waals surface area contributed by atoms with Gasteiger partial charge in [-0.15, -0.1) is 0 Å². The van der Waals surface area contributed by atoms with Crippen molar-refractivity contribution in [1.29, 1.82) is 0 Å². The lowest BCUT2D eigenvalue weighted by Crippen LogP contribution is -2.24. The van der Waals surface area contributed by atoms with E-state index in [9.17, 15) is 9.59 Å². The Labute approximate surface area is 211 Å². The van der Waals surface area contributed by atoms with Gasteiger partial charge in [0.15, 0.2) is 14.8 Å². The summed E-state index contributed by atoms with van der Waals surface area (Å²) < 4.78 is 9.69. The van der Waals surface area contributed by atoms with E-state index < -0.39 is 5.41 Å². The van der Waals surface area contributed by atoms with Gasteiger partial charge in [-0.1, -0.05) is 67.6 Å². The molecule has 0 aliphatic rings. The fourth-order valence-corrected chi connectivity index (χ4v) is 5.75. The number of aryl methyl sites for hydroxylation is 1. The molecular formula is C25H25N3O3S3. The molecular weight excluding hydrogens is 486 g/mol. The molecule has 0 aliphatic heterocycles. The summed E-state index contributed by atoms with van der Waals surface area (Å²) >= 11 is 8.13. The van der Waals surface area contributed by atoms with Crippen LogP contribution in [0.5, 0.6) is 5.75 Å². The molecule has 2 aromatic heterocycles. The van der Waals surface area contributed by atoms with Crippen LogP contribution in [-0.4, -0.2) is 32.8 Å². The summed E-state index contributed by atoms with van der Waals surface area (Å²) in [5.74, 6) is 0.964. The molecule has 0 unspecified atom stereocenters. The second-order valence-electron chi connectivity index (χ2n) is 8.89. The quantitative estimate of drug-likeness (QED) is 0.180. The van der Waals surface area contributed by atoms with Crippen molar-refractivity contribution in [2.24, 2.45) is 5.41 Å². The van der Waals surface area contributed by atoms with E-state index in [-0.39, 0.29) is 17.1 Å². The first-order valence-electron chi connectivity index (χ1n) is 10.7. The molecule has 0 atom stereocenters. The SMILES string of the molecule is COc1cccc(-n2c(=S)sc3c(=O)n(-c4ccc(C)cc4)c(SCC(=O)C(C)(C)C)nc32)c1. The van der Waals surface area contributed by atoms with Gasteiger partial charge in [0.25, 0.3) is 5.56 Å². The molecule has 0 radical (unpaired) electrons. The summed E-state index contributed by atoms with van der Waals surface area (Å²) in [7, 11) is 1.60. The number of thiazole rings is 1. The van der Waals surface area contributed by atoms with E-state index in [1.165, 1.54) is 23.1 Å². The highest BCUT2D eigenvalue weighted by molar-refractivity contribution is 7.99. The molecule has 176 valence electrons. The van der Waals surface area contributed by atoms with Crippen LogP contribution in [0, 0.1) is 16.3 Å². The Bertz CT molecular complexity index is 1490. The highest BCUT2D eigenvalue weighted by Crippen LogP contribution is 2.29. The van der Waals surface area contributed by atoms with E-state index in [4.69, 9.17) is 21.9 Å². The lowest BCUT2D eigenvalue weighted by Gasteiger charge is -2.17. The number of Topliss-reactive ketones (excluding diaryl/α,β-unsaturated/α-hetero) is 1. The molecule has 4 aromatic rings. The predicted octanol–water partition coefficient (Wildman–Crippen LogP) is 5.99. The van der Waals surface area contributed by atoms with Gasteiger partial charge in [0.1, 0.15) is 16.2 Å². The lowest BCUT2D eigenvalue weighted by molar-refractivity contribution is -0.123. The third kappa shape index (κ3) is 4.73. The topological polar surface area (TPSA) is 66.1 Å². The number of fused-ring (bicyclic) bond motifs is 1. The average Bonchev–Trinajstić information content (AvgIpc) is 3.14. The summed E-state index contributed by atoms with van der Waals surface area (Å²) in [6, 6.07) is 15.1. The number of methoxy groups -OCH3 is 1. The van der Waals surface area contributed by atoms with Gasteiger partial charge in [0.05, 0.1) is 24.2 Å². The van der Waals surface area contributed by atoms with Crippen LogP contribution >= 0.6 is 35.3 Å². The van der Waals surface area contributed by atoms with Crippen LogP contribution in [0.3, 0.4) is 0 Å². The molecule has 6 nitrogen and oxygen atoms in total. The van der Waals surface area contributed by atoms with Crippen LogP contribution in [0.2, 0.25) is 0 Å². The zero-order chi connectivity index (χ0) is 24.6. The Morgan fingerprint density at radius 2 is 1.82 bits per heavy atom. The highest BCUT2D eigenvalue weighted by atomic mass is 32.2. The van der Waals surface area contributed by atoms with Gasteiger partial charge in [-0.25, -0.2) is 4.98 Å². The lowest BCUT2D eigenvalue weighted by atomic mass is 9.92. The van der Waals surface area contributed by atoms with Gasteiger partial charge in [0.2, 0.25) is 0 Å². The normalized spacial score (nSPS) is 11.7. The summed E-state index contributed by atoms with van der Waals surface area (Å²) in [6.45, 7) is 7.65. The maximum Gasteiger partial charge on any atom is 0.278 e. The van der Waals surface area contributed by atoms with E-state index in [2.05, 4.69) is 0 Å². The van der Waals surface area contributed by atoms with Gasteiger partial charge in [0, 0.05) is 11.5 Å². The van der Waals surface area contributed by atoms with Crippen molar-refractivity contribution in [3.05, 3.63) is 68.4 Å². The molecule has 0 spiro atoms. The Kier molecular flexibility index (Phi) is 6.80. The highest BCUT2D eigenvalue weighted by Gasteiger charge is 2.24. The van der Waals surface area contributed by atoms with Crippen molar-refractivity contribution >= 4 is 51.4 Å². The van der Waals surface area contributed by atoms with E-state index in [0.717, 1.165) is 11.3 Å². The van der Waals surface area contributed by atoms with E-state index in [1.807, 2.05) is 76.2 Å². The Hall–Kier alpha value is -2.75. The first kappa shape index (κ1) is 24.4. The number of ether oxygens (including phenoxy) is 1.